The number of carboxylic acids is 1. The zero-order chi connectivity index (χ0) is 28.1. The second kappa shape index (κ2) is 10.7. The van der Waals surface area contributed by atoms with Crippen LogP contribution in [0.1, 0.15) is 35.5 Å². The predicted octanol–water partition coefficient (Wildman–Crippen LogP) is 9.12. The fourth-order valence-corrected chi connectivity index (χ4v) is 6.96. The van der Waals surface area contributed by atoms with Crippen LogP contribution in [0.4, 0.5) is 8.78 Å². The van der Waals surface area contributed by atoms with E-state index in [0.29, 0.717) is 11.4 Å². The molecule has 1 saturated carbocycles. The molecule has 0 amide bonds. The number of hydrogen-bond donors (Lipinski definition) is 1. The van der Waals surface area contributed by atoms with Crippen LogP contribution in [-0.2, 0) is 4.79 Å². The van der Waals surface area contributed by atoms with Crippen LogP contribution < -0.4 is 5.30 Å². The number of aliphatic carboxylic acids is 1. The zero-order valence-corrected chi connectivity index (χ0v) is 24.2. The van der Waals surface area contributed by atoms with Gasteiger partial charge in [0.15, 0.2) is 0 Å². The van der Waals surface area contributed by atoms with E-state index < -0.39 is 12.4 Å². The van der Waals surface area contributed by atoms with Crippen molar-refractivity contribution in [1.29, 1.82) is 0 Å². The highest BCUT2D eigenvalue weighted by Crippen LogP contribution is 2.51. The monoisotopic (exact) mass is 591 g/mol. The van der Waals surface area contributed by atoms with Gasteiger partial charge in [-0.1, -0.05) is 60.1 Å². The van der Waals surface area contributed by atoms with Gasteiger partial charge in [-0.25, -0.2) is 8.78 Å². The number of hydrogen-bond acceptors (Lipinski definition) is 2. The molecule has 0 saturated heterocycles. The van der Waals surface area contributed by atoms with E-state index in [1.165, 1.54) is 24.1 Å². The van der Waals surface area contributed by atoms with Crippen molar-refractivity contribution in [3.05, 3.63) is 107 Å². The largest absolute Gasteiger partial charge is 0.481 e. The third kappa shape index (κ3) is 4.94. The summed E-state index contributed by atoms with van der Waals surface area (Å²) in [5.41, 5.74) is 6.69. The Kier molecular flexibility index (Phi) is 7.20. The summed E-state index contributed by atoms with van der Waals surface area (Å²) in [5.74, 6) is -1.16. The molecule has 0 aliphatic heterocycles. The van der Waals surface area contributed by atoms with Crippen molar-refractivity contribution >= 4 is 55.0 Å². The zero-order valence-electron chi connectivity index (χ0n) is 21.4. The van der Waals surface area contributed by atoms with E-state index >= 15 is 0 Å². The molecular formula is C32H25ClF2NO2PS. The molecule has 3 unspecified atom stereocenters. The lowest BCUT2D eigenvalue weighted by molar-refractivity contribution is -0.138. The van der Waals surface area contributed by atoms with Crippen LogP contribution >= 0.6 is 32.8 Å². The number of benzene rings is 4. The number of alkyl halides is 2. The van der Waals surface area contributed by atoms with E-state index in [9.17, 15) is 18.7 Å². The minimum atomic E-state index is -2.53. The Morgan fingerprint density at radius 3 is 2.45 bits per heavy atom. The maximum atomic E-state index is 13.2. The Labute approximate surface area is 242 Å². The molecule has 202 valence electrons. The van der Waals surface area contributed by atoms with Crippen molar-refractivity contribution in [2.24, 2.45) is 5.92 Å². The maximum Gasteiger partial charge on any atom is 0.307 e. The molecule has 1 aliphatic rings. The van der Waals surface area contributed by atoms with Crippen molar-refractivity contribution in [2.75, 3.05) is 0 Å². The van der Waals surface area contributed by atoms with Crippen LogP contribution in [-0.4, -0.2) is 15.0 Å². The third-order valence-corrected chi connectivity index (χ3v) is 9.16. The molecule has 0 bridgehead atoms. The molecule has 8 heteroatoms. The normalized spacial score (nSPS) is 16.6. The third-order valence-electron chi connectivity index (χ3n) is 7.45. The smallest absolute Gasteiger partial charge is 0.307 e. The summed E-state index contributed by atoms with van der Waals surface area (Å²) in [6.07, 6.45) is -1.91. The van der Waals surface area contributed by atoms with E-state index in [1.54, 1.807) is 12.1 Å². The van der Waals surface area contributed by atoms with E-state index in [1.807, 2.05) is 49.4 Å². The summed E-state index contributed by atoms with van der Waals surface area (Å²) in [6.45, 7) is 2.03. The first kappa shape index (κ1) is 27.0. The van der Waals surface area contributed by atoms with Crippen LogP contribution in [0.2, 0.25) is 5.02 Å². The van der Waals surface area contributed by atoms with Crippen LogP contribution in [0.15, 0.2) is 89.8 Å². The molecule has 40 heavy (non-hydrogen) atoms. The summed E-state index contributed by atoms with van der Waals surface area (Å²) < 4.78 is 28.6. The standard InChI is InChI=1S/C32H25ClF2NO2PS/c1-17-4-2-7-26(33)28(17)29-25-15-21(39)10-13-27(25)36(40-22-11-8-18(9-12-22)31(34)35)30(29)20-6-3-5-19(14-20)23-16-24(23)32(37)38/h2-15,23-24,31H,16,39H2,1H3,(H,37,38). The number of rotatable bonds is 7. The maximum absolute atomic E-state index is 13.2. The minimum absolute atomic E-state index is 0.0195. The van der Waals surface area contributed by atoms with E-state index in [2.05, 4.69) is 31.4 Å². The number of nitrogens with zero attached hydrogens (tertiary/aromatic N) is 1. The van der Waals surface area contributed by atoms with E-state index in [0.717, 1.165) is 54.6 Å². The Bertz CT molecular complexity index is 1750. The van der Waals surface area contributed by atoms with Gasteiger partial charge in [-0.3, -0.25) is 8.77 Å². The van der Waals surface area contributed by atoms with Gasteiger partial charge in [0.1, 0.15) is 0 Å². The van der Waals surface area contributed by atoms with Crippen LogP contribution in [0.25, 0.3) is 33.3 Å². The number of carbonyl (C=O) groups is 1. The van der Waals surface area contributed by atoms with Gasteiger partial charge in [0.2, 0.25) is 0 Å². The van der Waals surface area contributed by atoms with Crippen LogP contribution in [0.3, 0.4) is 0 Å². The first-order chi connectivity index (χ1) is 19.2. The molecule has 0 spiro atoms. The molecule has 0 radical (unpaired) electrons. The molecule has 1 heterocycles. The summed E-state index contributed by atoms with van der Waals surface area (Å²) >= 11 is 8.32. The Morgan fingerprint density at radius 1 is 1.02 bits per heavy atom. The van der Waals surface area contributed by atoms with Gasteiger partial charge in [-0.2, -0.15) is 0 Å². The molecule has 1 N–H and O–H groups in total. The number of aromatic nitrogens is 1. The van der Waals surface area contributed by atoms with Gasteiger partial charge in [0.05, 0.1) is 17.1 Å². The van der Waals surface area contributed by atoms with Crippen molar-refractivity contribution in [1.82, 2.24) is 3.97 Å². The minimum Gasteiger partial charge on any atom is -0.481 e. The van der Waals surface area contributed by atoms with Crippen LogP contribution in [0.5, 0.6) is 0 Å². The van der Waals surface area contributed by atoms with Gasteiger partial charge in [-0.05, 0) is 84.0 Å². The summed E-state index contributed by atoms with van der Waals surface area (Å²) in [6, 6.07) is 26.5. The van der Waals surface area contributed by atoms with Crippen molar-refractivity contribution in [3.8, 4) is 22.4 Å². The first-order valence-corrected chi connectivity index (χ1v) is 14.5. The van der Waals surface area contributed by atoms with Crippen molar-refractivity contribution in [2.45, 2.75) is 30.6 Å². The first-order valence-electron chi connectivity index (χ1n) is 12.8. The lowest BCUT2D eigenvalue weighted by atomic mass is 9.94. The lowest BCUT2D eigenvalue weighted by Gasteiger charge is -2.15. The molecule has 1 aromatic heterocycles. The molecular weight excluding hydrogens is 567 g/mol. The lowest BCUT2D eigenvalue weighted by Crippen LogP contribution is -1.99. The quantitative estimate of drug-likeness (QED) is 0.192. The van der Waals surface area contributed by atoms with Crippen LogP contribution in [0, 0.1) is 12.8 Å². The highest BCUT2D eigenvalue weighted by molar-refractivity contribution is 7.98. The highest BCUT2D eigenvalue weighted by Gasteiger charge is 2.44. The second-order valence-electron chi connectivity index (χ2n) is 10.1. The van der Waals surface area contributed by atoms with E-state index in [4.69, 9.17) is 11.6 Å². The fraction of sp³-hybridized carbons (Fsp3) is 0.156. The van der Waals surface area contributed by atoms with Gasteiger partial charge < -0.3 is 5.11 Å². The molecule has 5 aromatic rings. The van der Waals surface area contributed by atoms with Gasteiger partial charge >= 0.3 is 5.97 Å². The van der Waals surface area contributed by atoms with Crippen molar-refractivity contribution in [3.63, 3.8) is 0 Å². The molecule has 3 atom stereocenters. The fourth-order valence-electron chi connectivity index (χ4n) is 5.37. The number of halogens is 3. The Morgan fingerprint density at radius 2 is 1.77 bits per heavy atom. The van der Waals surface area contributed by atoms with Crippen molar-refractivity contribution < 1.29 is 18.7 Å². The average molecular weight is 592 g/mol. The number of fused-ring (bicyclic) bond motifs is 1. The van der Waals surface area contributed by atoms with E-state index in [-0.39, 0.29) is 17.4 Å². The number of carboxylic acid groups (broad SMARTS) is 1. The highest BCUT2D eigenvalue weighted by atomic mass is 35.5. The summed E-state index contributed by atoms with van der Waals surface area (Å²) in [4.78, 5) is 12.4. The Balaban J connectivity index is 1.62. The second-order valence-corrected chi connectivity index (χ2v) is 12.2. The summed E-state index contributed by atoms with van der Waals surface area (Å²) in [7, 11) is 2.76. The topological polar surface area (TPSA) is 42.2 Å². The van der Waals surface area contributed by atoms with Gasteiger partial charge in [0, 0.05) is 37.6 Å². The van der Waals surface area contributed by atoms with Gasteiger partial charge in [0.25, 0.3) is 6.43 Å². The molecule has 4 aromatic carbocycles. The SMILES string of the molecule is Cc1cccc(Cl)c1-c1c(-c2cccc(C3CC3C(=O)O)c2)n(Sc2ccc(C(F)F)cc2)c2ccc(P)cc12. The molecule has 6 rings (SSSR count). The summed E-state index contributed by atoms with van der Waals surface area (Å²) in [5, 5.41) is 12.2. The molecule has 3 nitrogen and oxygen atoms in total. The molecule has 1 aliphatic carbocycles. The predicted molar refractivity (Wildman–Crippen MR) is 163 cm³/mol. The Hall–Kier alpha value is -3.18. The molecule has 1 fully saturated rings. The van der Waals surface area contributed by atoms with Gasteiger partial charge in [-0.15, -0.1) is 9.24 Å². The number of aryl methyl sites for hydroxylation is 1. The average Bonchev–Trinajstić information content (AvgIpc) is 3.68.